The van der Waals surface area contributed by atoms with Crippen LogP contribution in [0.3, 0.4) is 0 Å². The van der Waals surface area contributed by atoms with Gasteiger partial charge in [0.1, 0.15) is 4.91 Å². The number of carbonyl (C=O) groups is 1. The quantitative estimate of drug-likeness (QED) is 0.0720. The zero-order valence-corrected chi connectivity index (χ0v) is 24.4. The molecule has 0 radical (unpaired) electrons. The second kappa shape index (κ2) is 12.4. The molecule has 44 heavy (non-hydrogen) atoms. The van der Waals surface area contributed by atoms with Crippen LogP contribution in [0.1, 0.15) is 5.56 Å². The van der Waals surface area contributed by atoms with Crippen LogP contribution in [0.25, 0.3) is 45.7 Å². The number of aromatic amines is 1. The Bertz CT molecular complexity index is 1990. The zero-order valence-electron chi connectivity index (χ0n) is 22.8. The number of carboxylic acid groups (broad SMARTS) is 1. The summed E-state index contributed by atoms with van der Waals surface area (Å²) in [7, 11) is 0. The molecule has 0 fully saturated rings. The van der Waals surface area contributed by atoms with Gasteiger partial charge in [0.05, 0.1) is 16.3 Å². The number of hydrogen-bond donors (Lipinski definition) is 2. The van der Waals surface area contributed by atoms with E-state index in [0.29, 0.717) is 27.3 Å². The number of non-ortho nitro benzene ring substituents is 1. The summed E-state index contributed by atoms with van der Waals surface area (Å²) in [5, 5.41) is 29.6. The zero-order chi connectivity index (χ0) is 30.6. The molecule has 2 N–H and O–H groups in total. The van der Waals surface area contributed by atoms with Crippen LogP contribution in [-0.4, -0.2) is 35.7 Å². The number of halogens is 1. The topological polar surface area (TPSA) is 127 Å². The third-order valence-electron chi connectivity index (χ3n) is 6.74. The Kier molecular flexibility index (Phi) is 8.09. The smallest absolute Gasteiger partial charge is 0.342 e. The molecule has 0 amide bonds. The van der Waals surface area contributed by atoms with Gasteiger partial charge in [-0.1, -0.05) is 72.3 Å². The number of benzene rings is 4. The van der Waals surface area contributed by atoms with Gasteiger partial charge in [-0.3, -0.25) is 15.2 Å². The fourth-order valence-electron chi connectivity index (χ4n) is 4.75. The van der Waals surface area contributed by atoms with Crippen molar-refractivity contribution in [3.8, 4) is 39.6 Å². The molecule has 6 aromatic rings. The molecule has 11 heteroatoms. The molecule has 216 valence electrons. The van der Waals surface area contributed by atoms with Crippen LogP contribution < -0.4 is 0 Å². The Hall–Kier alpha value is -5.45. The molecule has 0 aliphatic rings. The number of rotatable bonds is 9. The second-order valence-electron chi connectivity index (χ2n) is 9.56. The van der Waals surface area contributed by atoms with Gasteiger partial charge < -0.3 is 9.67 Å². The summed E-state index contributed by atoms with van der Waals surface area (Å²) in [4.78, 5) is 28.0. The Morgan fingerprint density at radius 1 is 0.886 bits per heavy atom. The SMILES string of the molecule is O=C(O)/C(=C/c1cc(-c2ccccc2)n(-c2ccc([N+](=O)[O-])cc2)c1-c1ccccc1)Sc1nc(-c2ccc(Cl)cc2)n[nH]1. The molecule has 0 spiro atoms. The van der Waals surface area contributed by atoms with Crippen LogP contribution >= 0.6 is 23.4 Å². The van der Waals surface area contributed by atoms with Gasteiger partial charge in [-0.15, -0.1) is 0 Å². The number of H-pyrrole nitrogens is 1. The van der Waals surface area contributed by atoms with E-state index >= 15 is 0 Å². The summed E-state index contributed by atoms with van der Waals surface area (Å²) < 4.78 is 1.98. The number of aromatic nitrogens is 4. The molecule has 2 aromatic heterocycles. The fourth-order valence-corrected chi connectivity index (χ4v) is 5.58. The molecule has 0 bridgehead atoms. The molecule has 2 heterocycles. The lowest BCUT2D eigenvalue weighted by atomic mass is 10.1. The van der Waals surface area contributed by atoms with Crippen LogP contribution in [0, 0.1) is 10.1 Å². The Morgan fingerprint density at radius 2 is 1.52 bits per heavy atom. The first-order chi connectivity index (χ1) is 21.4. The van der Waals surface area contributed by atoms with E-state index in [-0.39, 0.29) is 10.6 Å². The van der Waals surface area contributed by atoms with E-state index in [0.717, 1.165) is 39.8 Å². The summed E-state index contributed by atoms with van der Waals surface area (Å²) in [5.74, 6) is -0.725. The van der Waals surface area contributed by atoms with Crippen molar-refractivity contribution in [2.45, 2.75) is 5.16 Å². The lowest BCUT2D eigenvalue weighted by molar-refractivity contribution is -0.384. The minimum Gasteiger partial charge on any atom is -0.477 e. The van der Waals surface area contributed by atoms with E-state index < -0.39 is 10.9 Å². The van der Waals surface area contributed by atoms with Crippen molar-refractivity contribution >= 4 is 41.1 Å². The van der Waals surface area contributed by atoms with Crippen molar-refractivity contribution < 1.29 is 14.8 Å². The van der Waals surface area contributed by atoms with Crippen LogP contribution in [0.4, 0.5) is 5.69 Å². The summed E-state index contributed by atoms with van der Waals surface area (Å²) in [6, 6.07) is 34.5. The van der Waals surface area contributed by atoms with Crippen LogP contribution in [0.5, 0.6) is 0 Å². The molecule has 0 aliphatic carbocycles. The minimum absolute atomic E-state index is 0.0152. The average Bonchev–Trinajstić information content (AvgIpc) is 3.67. The Labute approximate surface area is 260 Å². The van der Waals surface area contributed by atoms with E-state index in [1.807, 2.05) is 71.3 Å². The third-order valence-corrected chi connectivity index (χ3v) is 7.88. The molecule has 0 atom stereocenters. The summed E-state index contributed by atoms with van der Waals surface area (Å²) in [5.41, 5.74) is 5.24. The fraction of sp³-hybridized carbons (Fsp3) is 0. The highest BCUT2D eigenvalue weighted by molar-refractivity contribution is 8.04. The van der Waals surface area contributed by atoms with Crippen LogP contribution in [0.15, 0.2) is 125 Å². The molecular formula is C33H22ClN5O4S. The number of carboxylic acids is 1. The number of nitro benzene ring substituents is 1. The number of aliphatic carboxylic acids is 1. The van der Waals surface area contributed by atoms with Crippen molar-refractivity contribution in [3.05, 3.63) is 141 Å². The Morgan fingerprint density at radius 3 is 2.14 bits per heavy atom. The molecule has 0 saturated carbocycles. The summed E-state index contributed by atoms with van der Waals surface area (Å²) in [6.45, 7) is 0. The summed E-state index contributed by atoms with van der Waals surface area (Å²) in [6.07, 6.45) is 1.61. The van der Waals surface area contributed by atoms with E-state index in [1.165, 1.54) is 12.1 Å². The number of thioether (sulfide) groups is 1. The third kappa shape index (κ3) is 6.03. The van der Waals surface area contributed by atoms with Gasteiger partial charge in [0.25, 0.3) is 5.69 Å². The van der Waals surface area contributed by atoms with E-state index in [9.17, 15) is 20.0 Å². The van der Waals surface area contributed by atoms with Crippen molar-refractivity contribution in [1.29, 1.82) is 0 Å². The molecule has 0 unspecified atom stereocenters. The molecule has 6 rings (SSSR count). The molecule has 4 aromatic carbocycles. The predicted molar refractivity (Wildman–Crippen MR) is 172 cm³/mol. The highest BCUT2D eigenvalue weighted by atomic mass is 35.5. The standard InChI is InChI=1S/C33H22ClN5O4S/c34-25-13-11-23(12-14-25)31-35-33(37-36-31)44-29(32(40)41)20-24-19-28(21-7-3-1-4-8-21)38(30(24)22-9-5-2-6-10-22)26-15-17-27(18-16-26)39(42)43/h1-20H,(H,40,41)(H,35,36,37)/b29-20-. The maximum Gasteiger partial charge on any atom is 0.342 e. The highest BCUT2D eigenvalue weighted by Gasteiger charge is 2.22. The van der Waals surface area contributed by atoms with Gasteiger partial charge in [-0.05, 0) is 71.4 Å². The first-order valence-corrected chi connectivity index (χ1v) is 14.5. The van der Waals surface area contributed by atoms with Crippen LogP contribution in [0.2, 0.25) is 5.02 Å². The summed E-state index contributed by atoms with van der Waals surface area (Å²) >= 11 is 6.95. The molecule has 0 saturated heterocycles. The van der Waals surface area contributed by atoms with Gasteiger partial charge in [-0.25, -0.2) is 9.78 Å². The van der Waals surface area contributed by atoms with Crippen molar-refractivity contribution in [3.63, 3.8) is 0 Å². The first kappa shape index (κ1) is 28.7. The predicted octanol–water partition coefficient (Wildman–Crippen LogP) is 8.38. The second-order valence-corrected chi connectivity index (χ2v) is 11.0. The monoisotopic (exact) mass is 619 g/mol. The molecular weight excluding hydrogens is 598 g/mol. The normalized spacial score (nSPS) is 11.4. The van der Waals surface area contributed by atoms with E-state index in [1.54, 1.807) is 42.5 Å². The van der Waals surface area contributed by atoms with Crippen LogP contribution in [-0.2, 0) is 4.79 Å². The van der Waals surface area contributed by atoms with Gasteiger partial charge in [0.2, 0.25) is 0 Å². The largest absolute Gasteiger partial charge is 0.477 e. The van der Waals surface area contributed by atoms with E-state index in [2.05, 4.69) is 15.2 Å². The van der Waals surface area contributed by atoms with Gasteiger partial charge in [-0.2, -0.15) is 5.10 Å². The lowest BCUT2D eigenvalue weighted by Gasteiger charge is -2.15. The van der Waals surface area contributed by atoms with Gasteiger partial charge in [0, 0.05) is 34.0 Å². The number of hydrogen-bond acceptors (Lipinski definition) is 6. The minimum atomic E-state index is -1.14. The number of nitro groups is 1. The van der Waals surface area contributed by atoms with Gasteiger partial charge >= 0.3 is 5.97 Å². The maximum absolute atomic E-state index is 12.6. The highest BCUT2D eigenvalue weighted by Crippen LogP contribution is 2.39. The maximum atomic E-state index is 12.6. The number of nitrogens with zero attached hydrogens (tertiary/aromatic N) is 4. The van der Waals surface area contributed by atoms with Crippen molar-refractivity contribution in [1.82, 2.24) is 19.7 Å². The van der Waals surface area contributed by atoms with Crippen molar-refractivity contribution in [2.75, 3.05) is 0 Å². The Balaban J connectivity index is 1.51. The lowest BCUT2D eigenvalue weighted by Crippen LogP contribution is -2.01. The van der Waals surface area contributed by atoms with E-state index in [4.69, 9.17) is 11.6 Å². The first-order valence-electron chi connectivity index (χ1n) is 13.3. The molecule has 9 nitrogen and oxygen atoms in total. The average molecular weight is 620 g/mol. The van der Waals surface area contributed by atoms with Gasteiger partial charge in [0.15, 0.2) is 11.0 Å². The number of nitrogens with one attached hydrogen (secondary N) is 1. The van der Waals surface area contributed by atoms with Crippen molar-refractivity contribution in [2.24, 2.45) is 0 Å². The molecule has 0 aliphatic heterocycles.